The lowest BCUT2D eigenvalue weighted by atomic mass is 9.83. The average molecular weight is 617 g/mol. The fourth-order valence-corrected chi connectivity index (χ4v) is 8.80. The van der Waals surface area contributed by atoms with E-state index < -0.39 is 0 Å². The zero-order chi connectivity index (χ0) is 30.9. The van der Waals surface area contributed by atoms with Gasteiger partial charge in [0.1, 0.15) is 9.63 Å². The van der Waals surface area contributed by atoms with Gasteiger partial charge in [-0.1, -0.05) is 126 Å². The van der Waals surface area contributed by atoms with Crippen LogP contribution >= 0.6 is 24.4 Å². The Morgan fingerprint density at radius 1 is 0.636 bits per heavy atom. The molecular formula is C39H40N2OS2. The summed E-state index contributed by atoms with van der Waals surface area (Å²) in [5.74, 6) is 0.0287. The van der Waals surface area contributed by atoms with Crippen LogP contribution in [0.25, 0.3) is 60.4 Å². The largest absolute Gasteiger partial charge is 0.329 e. The van der Waals surface area contributed by atoms with Crippen molar-refractivity contribution in [1.82, 2.24) is 9.47 Å². The van der Waals surface area contributed by atoms with Gasteiger partial charge in [0, 0.05) is 50.1 Å². The van der Waals surface area contributed by atoms with Crippen molar-refractivity contribution in [3.63, 3.8) is 0 Å². The van der Waals surface area contributed by atoms with Crippen LogP contribution in [0, 0.1) is 4.64 Å². The molecule has 0 radical (unpaired) electrons. The number of carbonyl (C=O) groups excluding carboxylic acids is 1. The summed E-state index contributed by atoms with van der Waals surface area (Å²) < 4.78 is 3.16. The van der Waals surface area contributed by atoms with Crippen LogP contribution in [0.1, 0.15) is 101 Å². The number of thiocarbonyl (C=S) groups is 1. The average Bonchev–Trinajstić information content (AvgIpc) is 3.02. The number of benzene rings is 5. The molecule has 0 spiro atoms. The molecule has 1 aromatic heterocycles. The van der Waals surface area contributed by atoms with Crippen LogP contribution < -0.4 is 5.35 Å². The maximum Gasteiger partial charge on any atom is 0.259 e. The molecule has 0 saturated carbocycles. The molecule has 1 aliphatic rings. The molecule has 1 aliphatic heterocycles. The van der Waals surface area contributed by atoms with Crippen molar-refractivity contribution in [3.8, 4) is 0 Å². The van der Waals surface area contributed by atoms with Crippen molar-refractivity contribution in [2.24, 2.45) is 0 Å². The van der Waals surface area contributed by atoms with E-state index in [9.17, 15) is 4.79 Å². The van der Waals surface area contributed by atoms with Crippen LogP contribution in [-0.2, 0) is 0 Å². The second-order valence-corrected chi connectivity index (χ2v) is 13.7. The molecule has 5 aromatic carbocycles. The molecule has 2 heterocycles. The number of carbonyl (C=O) groups is 1. The Hall–Kier alpha value is -3.41. The quantitative estimate of drug-likeness (QED) is 0.0663. The molecule has 5 heteroatoms. The minimum atomic E-state index is 0.0287. The third kappa shape index (κ3) is 4.15. The summed E-state index contributed by atoms with van der Waals surface area (Å²) >= 11 is 12.2. The van der Waals surface area contributed by atoms with Crippen LogP contribution in [0.5, 0.6) is 0 Å². The summed E-state index contributed by atoms with van der Waals surface area (Å²) in [4.78, 5) is 16.6. The first-order chi connectivity index (χ1) is 21.3. The van der Waals surface area contributed by atoms with Crippen LogP contribution in [-0.4, -0.2) is 26.4 Å². The number of pyridine rings is 1. The van der Waals surface area contributed by atoms with Gasteiger partial charge in [-0.25, -0.2) is 0 Å². The Morgan fingerprint density at radius 3 is 1.73 bits per heavy atom. The zero-order valence-electron chi connectivity index (χ0n) is 26.3. The SMILES string of the molecule is C=c1c2ccc3c4ccc5c6c(ccc(c7ccc(c(=S)n1[C@H](C)CCCCC)c2c37)c64)C(=O)N([C@H](C)CCCCC)C5=S. The van der Waals surface area contributed by atoms with E-state index in [0.29, 0.717) is 11.0 Å². The molecule has 0 bridgehead atoms. The molecule has 7 rings (SSSR count). The van der Waals surface area contributed by atoms with Crippen molar-refractivity contribution >= 4 is 95.8 Å². The minimum Gasteiger partial charge on any atom is -0.329 e. The molecule has 1 amide bonds. The van der Waals surface area contributed by atoms with E-state index in [-0.39, 0.29) is 11.9 Å². The number of hydrogen-bond donors (Lipinski definition) is 0. The van der Waals surface area contributed by atoms with Gasteiger partial charge in [-0.05, 0) is 65.1 Å². The first kappa shape index (κ1) is 29.3. The maximum atomic E-state index is 14.0. The van der Waals surface area contributed by atoms with E-state index in [4.69, 9.17) is 24.4 Å². The standard InChI is InChI=1S/C39H40N2OS2/c1-6-8-10-12-22(3)40-24(5)25-14-15-26-29-18-21-32-36-30(37(42)41(39(32)44)23(4)13-11-9-7-2)19-16-27(35(29)36)28-17-20-31(38(40)43)33(25)34(26)28/h14-23H,5-13H2,1-4H3/t22-,23-/m1/s1. The summed E-state index contributed by atoms with van der Waals surface area (Å²) in [5, 5.41) is 12.5. The fraction of sp³-hybridized carbons (Fsp3) is 0.359. The Labute approximate surface area is 269 Å². The monoisotopic (exact) mass is 616 g/mol. The highest BCUT2D eigenvalue weighted by atomic mass is 32.1. The van der Waals surface area contributed by atoms with E-state index in [0.717, 1.165) is 79.1 Å². The van der Waals surface area contributed by atoms with E-state index in [2.05, 4.69) is 81.3 Å². The lowest BCUT2D eigenvalue weighted by Crippen LogP contribution is -2.45. The van der Waals surface area contributed by atoms with E-state index in [1.54, 1.807) is 0 Å². The third-order valence-electron chi connectivity index (χ3n) is 10.2. The molecule has 224 valence electrons. The van der Waals surface area contributed by atoms with Crippen LogP contribution in [0.4, 0.5) is 0 Å². The first-order valence-electron chi connectivity index (χ1n) is 16.4. The Morgan fingerprint density at radius 2 is 1.11 bits per heavy atom. The van der Waals surface area contributed by atoms with Gasteiger partial charge in [0.25, 0.3) is 5.91 Å². The molecule has 0 N–H and O–H groups in total. The number of nitrogens with zero attached hydrogens (tertiary/aromatic N) is 2. The topological polar surface area (TPSA) is 25.2 Å². The van der Waals surface area contributed by atoms with E-state index in [1.807, 2.05) is 11.0 Å². The van der Waals surface area contributed by atoms with E-state index in [1.165, 1.54) is 47.2 Å². The molecule has 44 heavy (non-hydrogen) atoms. The summed E-state index contributed by atoms with van der Waals surface area (Å²) in [6.45, 7) is 13.5. The Balaban J connectivity index is 1.47. The summed E-state index contributed by atoms with van der Waals surface area (Å²) in [6.07, 6.45) is 9.10. The van der Waals surface area contributed by atoms with Crippen LogP contribution in [0.2, 0.25) is 0 Å². The van der Waals surface area contributed by atoms with Gasteiger partial charge in [0.15, 0.2) is 0 Å². The number of rotatable bonds is 10. The van der Waals surface area contributed by atoms with Gasteiger partial charge in [-0.2, -0.15) is 0 Å². The van der Waals surface area contributed by atoms with Gasteiger partial charge < -0.3 is 4.57 Å². The Bertz CT molecular complexity index is 2100. The molecule has 0 saturated heterocycles. The number of hydrogen-bond acceptors (Lipinski definition) is 3. The lowest BCUT2D eigenvalue weighted by molar-refractivity contribution is 0.0807. The zero-order valence-corrected chi connectivity index (χ0v) is 27.9. The van der Waals surface area contributed by atoms with Gasteiger partial charge >= 0.3 is 0 Å². The smallest absolute Gasteiger partial charge is 0.259 e. The molecule has 0 aliphatic carbocycles. The molecule has 0 fully saturated rings. The molecular weight excluding hydrogens is 577 g/mol. The summed E-state index contributed by atoms with van der Waals surface area (Å²) in [5.41, 5.74) is 1.75. The number of unbranched alkanes of at least 4 members (excludes halogenated alkanes) is 4. The summed E-state index contributed by atoms with van der Waals surface area (Å²) in [6, 6.07) is 17.9. The number of amides is 1. The second kappa shape index (κ2) is 11.2. The highest BCUT2D eigenvalue weighted by Crippen LogP contribution is 2.46. The van der Waals surface area contributed by atoms with Gasteiger partial charge in [-0.15, -0.1) is 0 Å². The Kier molecular flexibility index (Phi) is 7.45. The van der Waals surface area contributed by atoms with Crippen molar-refractivity contribution in [2.45, 2.75) is 91.1 Å². The molecule has 3 nitrogen and oxygen atoms in total. The van der Waals surface area contributed by atoms with Crippen molar-refractivity contribution < 1.29 is 4.79 Å². The normalized spacial score (nSPS) is 15.1. The third-order valence-corrected chi connectivity index (χ3v) is 11.0. The van der Waals surface area contributed by atoms with E-state index >= 15 is 0 Å². The predicted molar refractivity (Wildman–Crippen MR) is 195 cm³/mol. The van der Waals surface area contributed by atoms with Crippen LogP contribution in [0.15, 0.2) is 48.5 Å². The van der Waals surface area contributed by atoms with Crippen molar-refractivity contribution in [1.29, 1.82) is 0 Å². The number of fused-ring (bicyclic) bond motifs is 2. The van der Waals surface area contributed by atoms with Crippen molar-refractivity contribution in [2.75, 3.05) is 0 Å². The molecule has 2 atom stereocenters. The predicted octanol–water partition coefficient (Wildman–Crippen LogP) is 10.8. The first-order valence-corrected chi connectivity index (χ1v) is 17.2. The second-order valence-electron chi connectivity index (χ2n) is 12.9. The van der Waals surface area contributed by atoms with Crippen molar-refractivity contribution in [3.05, 3.63) is 69.6 Å². The van der Waals surface area contributed by atoms with Crippen LogP contribution in [0.3, 0.4) is 0 Å². The van der Waals surface area contributed by atoms with Gasteiger partial charge in [0.05, 0.1) is 0 Å². The highest BCUT2D eigenvalue weighted by molar-refractivity contribution is 7.80. The molecule has 0 unspecified atom stereocenters. The summed E-state index contributed by atoms with van der Waals surface area (Å²) in [7, 11) is 0. The number of aromatic nitrogens is 1. The van der Waals surface area contributed by atoms with Gasteiger partial charge in [0.2, 0.25) is 0 Å². The minimum absolute atomic E-state index is 0.0287. The fourth-order valence-electron chi connectivity index (χ4n) is 7.90. The lowest BCUT2D eigenvalue weighted by Gasteiger charge is -2.35. The van der Waals surface area contributed by atoms with Gasteiger partial charge in [-0.3, -0.25) is 9.69 Å². The molecule has 6 aromatic rings. The highest BCUT2D eigenvalue weighted by Gasteiger charge is 2.34. The maximum absolute atomic E-state index is 14.0.